The van der Waals surface area contributed by atoms with Gasteiger partial charge >= 0.3 is 0 Å². The van der Waals surface area contributed by atoms with Crippen LogP contribution < -0.4 is 10.7 Å². The van der Waals surface area contributed by atoms with E-state index in [4.69, 9.17) is 10.5 Å². The maximum absolute atomic E-state index is 5.96. The van der Waals surface area contributed by atoms with Crippen LogP contribution in [-0.4, -0.2) is 40.9 Å². The Morgan fingerprint density at radius 3 is 2.88 bits per heavy atom. The summed E-state index contributed by atoms with van der Waals surface area (Å²) >= 11 is 0. The van der Waals surface area contributed by atoms with E-state index in [0.29, 0.717) is 19.2 Å². The molecule has 1 aliphatic heterocycles. The van der Waals surface area contributed by atoms with E-state index in [2.05, 4.69) is 15.0 Å². The molecule has 2 aromatic rings. The largest absolute Gasteiger partial charge is 0.378 e. The number of hydrogen-bond donors (Lipinski definition) is 1. The molecule has 6 heteroatoms. The molecule has 3 rings (SSSR count). The van der Waals surface area contributed by atoms with Crippen molar-refractivity contribution in [2.24, 2.45) is 0 Å². The van der Waals surface area contributed by atoms with Crippen LogP contribution in [0.3, 0.4) is 0 Å². The zero-order chi connectivity index (χ0) is 11.8. The van der Waals surface area contributed by atoms with Gasteiger partial charge in [0.1, 0.15) is 5.52 Å². The first-order valence-corrected chi connectivity index (χ1v) is 5.69. The average molecular weight is 233 g/mol. The second kappa shape index (κ2) is 3.89. The lowest BCUT2D eigenvalue weighted by Gasteiger charge is -2.29. The molecule has 1 aliphatic rings. The molecule has 17 heavy (non-hydrogen) atoms. The van der Waals surface area contributed by atoms with Gasteiger partial charge in [-0.1, -0.05) is 0 Å². The summed E-state index contributed by atoms with van der Waals surface area (Å²) in [5.41, 5.74) is 8.71. The summed E-state index contributed by atoms with van der Waals surface area (Å²) in [7, 11) is 0. The molecule has 2 N–H and O–H groups in total. The summed E-state index contributed by atoms with van der Waals surface area (Å²) in [5.74, 6) is 0.486. The number of pyridine rings is 1. The first-order valence-electron chi connectivity index (χ1n) is 5.69. The molecule has 3 heterocycles. The highest BCUT2D eigenvalue weighted by Gasteiger charge is 2.17. The van der Waals surface area contributed by atoms with Crippen LogP contribution in [0.25, 0.3) is 11.2 Å². The van der Waals surface area contributed by atoms with Crippen molar-refractivity contribution in [3.63, 3.8) is 0 Å². The number of morpholine rings is 1. The standard InChI is InChI=1S/C11H15N5O/c1-8-6-9-10(13-7-8)16(11(12)14-9)15-2-4-17-5-3-15/h6-7H,2-5H2,1H3,(H2,12,14). The van der Waals surface area contributed by atoms with Crippen molar-refractivity contribution in [2.45, 2.75) is 6.92 Å². The molecule has 2 aromatic heterocycles. The van der Waals surface area contributed by atoms with Crippen molar-refractivity contribution in [3.05, 3.63) is 17.8 Å². The molecule has 1 fully saturated rings. The lowest BCUT2D eigenvalue weighted by molar-refractivity contribution is 0.112. The molecule has 0 amide bonds. The number of fused-ring (bicyclic) bond motifs is 1. The summed E-state index contributed by atoms with van der Waals surface area (Å²) in [4.78, 5) is 8.76. The van der Waals surface area contributed by atoms with Gasteiger partial charge in [-0.3, -0.25) is 0 Å². The Hall–Kier alpha value is -1.82. The van der Waals surface area contributed by atoms with Gasteiger partial charge < -0.3 is 15.5 Å². The molecule has 0 bridgehead atoms. The number of ether oxygens (including phenoxy) is 1. The Bertz CT molecular complexity index is 544. The van der Waals surface area contributed by atoms with E-state index < -0.39 is 0 Å². The summed E-state index contributed by atoms with van der Waals surface area (Å²) in [5, 5.41) is 2.12. The predicted octanol–water partition coefficient (Wildman–Crippen LogP) is 0.290. The number of hydrogen-bond acceptors (Lipinski definition) is 5. The van der Waals surface area contributed by atoms with Gasteiger partial charge in [-0.2, -0.15) is 0 Å². The zero-order valence-corrected chi connectivity index (χ0v) is 9.76. The number of aromatic nitrogens is 3. The second-order valence-electron chi connectivity index (χ2n) is 4.20. The first kappa shape index (κ1) is 10.3. The van der Waals surface area contributed by atoms with Gasteiger partial charge in [0.05, 0.1) is 26.3 Å². The molecular formula is C11H15N5O. The average Bonchev–Trinajstić information content (AvgIpc) is 2.65. The Kier molecular flexibility index (Phi) is 2.36. The van der Waals surface area contributed by atoms with Crippen LogP contribution in [0.15, 0.2) is 12.3 Å². The minimum Gasteiger partial charge on any atom is -0.378 e. The second-order valence-corrected chi connectivity index (χ2v) is 4.20. The number of imidazole rings is 1. The summed E-state index contributed by atoms with van der Waals surface area (Å²) in [6.45, 7) is 5.04. The maximum Gasteiger partial charge on any atom is 0.222 e. The van der Waals surface area contributed by atoms with E-state index in [1.165, 1.54) is 0 Å². The summed E-state index contributed by atoms with van der Waals surface area (Å²) < 4.78 is 7.22. The molecule has 90 valence electrons. The fraction of sp³-hybridized carbons (Fsp3) is 0.455. The number of nitrogens with zero attached hydrogens (tertiary/aromatic N) is 4. The highest BCUT2D eigenvalue weighted by atomic mass is 16.5. The Morgan fingerprint density at radius 1 is 1.35 bits per heavy atom. The van der Waals surface area contributed by atoms with Crippen LogP contribution in [0.4, 0.5) is 5.95 Å². The lowest BCUT2D eigenvalue weighted by atomic mass is 10.3. The van der Waals surface area contributed by atoms with Gasteiger partial charge in [-0.05, 0) is 18.6 Å². The van der Waals surface area contributed by atoms with Crippen LogP contribution in [0.1, 0.15) is 5.56 Å². The fourth-order valence-corrected chi connectivity index (χ4v) is 2.10. The SMILES string of the molecule is Cc1cnc2c(c1)nc(N)n2N1CCOCC1. The monoisotopic (exact) mass is 233 g/mol. The first-order chi connectivity index (χ1) is 8.25. The molecular weight excluding hydrogens is 218 g/mol. The minimum atomic E-state index is 0.486. The number of anilines is 1. The van der Waals surface area contributed by atoms with Crippen LogP contribution in [0.5, 0.6) is 0 Å². The van der Waals surface area contributed by atoms with Gasteiger partial charge in [-0.15, -0.1) is 0 Å². The van der Waals surface area contributed by atoms with E-state index in [9.17, 15) is 0 Å². The van der Waals surface area contributed by atoms with E-state index in [-0.39, 0.29) is 0 Å². The molecule has 6 nitrogen and oxygen atoms in total. The van der Waals surface area contributed by atoms with Crippen molar-refractivity contribution in [3.8, 4) is 0 Å². The van der Waals surface area contributed by atoms with Crippen molar-refractivity contribution < 1.29 is 4.74 Å². The third-order valence-corrected chi connectivity index (χ3v) is 2.91. The normalized spacial score (nSPS) is 16.6. The number of aryl methyl sites for hydroxylation is 1. The number of nitrogens with two attached hydrogens (primary N) is 1. The molecule has 0 aromatic carbocycles. The minimum absolute atomic E-state index is 0.486. The molecule has 0 atom stereocenters. The molecule has 0 saturated carbocycles. The lowest BCUT2D eigenvalue weighted by Crippen LogP contribution is -2.44. The van der Waals surface area contributed by atoms with Crippen LogP contribution in [0, 0.1) is 6.92 Å². The Labute approximate surface area is 99.0 Å². The van der Waals surface area contributed by atoms with Crippen LogP contribution >= 0.6 is 0 Å². The van der Waals surface area contributed by atoms with Crippen molar-refractivity contribution in [1.29, 1.82) is 0 Å². The smallest absolute Gasteiger partial charge is 0.222 e. The zero-order valence-electron chi connectivity index (χ0n) is 9.76. The van der Waals surface area contributed by atoms with Crippen molar-refractivity contribution >= 4 is 17.1 Å². The molecule has 0 radical (unpaired) electrons. The highest BCUT2D eigenvalue weighted by molar-refractivity contribution is 5.75. The summed E-state index contributed by atoms with van der Waals surface area (Å²) in [6.07, 6.45) is 1.83. The summed E-state index contributed by atoms with van der Waals surface area (Å²) in [6, 6.07) is 2.00. The van der Waals surface area contributed by atoms with Gasteiger partial charge in [0.25, 0.3) is 0 Å². The Balaban J connectivity index is 2.11. The van der Waals surface area contributed by atoms with Gasteiger partial charge in [0.2, 0.25) is 5.95 Å². The highest BCUT2D eigenvalue weighted by Crippen LogP contribution is 2.17. The van der Waals surface area contributed by atoms with Gasteiger partial charge in [0.15, 0.2) is 5.65 Å². The third kappa shape index (κ3) is 1.70. The van der Waals surface area contributed by atoms with E-state index in [1.54, 1.807) is 0 Å². The molecule has 0 unspecified atom stereocenters. The predicted molar refractivity (Wildman–Crippen MR) is 65.4 cm³/mol. The quantitative estimate of drug-likeness (QED) is 0.766. The number of nitrogen functional groups attached to an aromatic ring is 1. The fourth-order valence-electron chi connectivity index (χ4n) is 2.10. The Morgan fingerprint density at radius 2 is 2.12 bits per heavy atom. The third-order valence-electron chi connectivity index (χ3n) is 2.91. The maximum atomic E-state index is 5.96. The molecule has 0 spiro atoms. The molecule has 0 aliphatic carbocycles. The van der Waals surface area contributed by atoms with Crippen LogP contribution in [0.2, 0.25) is 0 Å². The number of rotatable bonds is 1. The van der Waals surface area contributed by atoms with Gasteiger partial charge in [0, 0.05) is 6.20 Å². The van der Waals surface area contributed by atoms with E-state index in [0.717, 1.165) is 29.8 Å². The van der Waals surface area contributed by atoms with Crippen molar-refractivity contribution in [1.82, 2.24) is 14.6 Å². The molecule has 1 saturated heterocycles. The van der Waals surface area contributed by atoms with E-state index in [1.807, 2.05) is 23.9 Å². The van der Waals surface area contributed by atoms with Crippen LogP contribution in [-0.2, 0) is 4.74 Å². The van der Waals surface area contributed by atoms with Crippen molar-refractivity contribution in [2.75, 3.05) is 37.0 Å². The van der Waals surface area contributed by atoms with E-state index >= 15 is 0 Å². The topological polar surface area (TPSA) is 69.2 Å². The van der Waals surface area contributed by atoms with Gasteiger partial charge in [-0.25, -0.2) is 14.6 Å².